The summed E-state index contributed by atoms with van der Waals surface area (Å²) in [5, 5.41) is 2.07. The SMILES string of the molecule is COc1ccc2cc(C(=O)/C=C/c3cccc(Br)c3)ccc2c1. The Morgan fingerprint density at radius 2 is 1.78 bits per heavy atom. The van der Waals surface area contributed by atoms with Gasteiger partial charge in [-0.1, -0.05) is 52.3 Å². The van der Waals surface area contributed by atoms with Crippen molar-refractivity contribution in [2.75, 3.05) is 7.11 Å². The maximum Gasteiger partial charge on any atom is 0.185 e. The third kappa shape index (κ3) is 3.69. The molecule has 0 bridgehead atoms. The first-order chi connectivity index (χ1) is 11.2. The van der Waals surface area contributed by atoms with Gasteiger partial charge in [-0.15, -0.1) is 0 Å². The van der Waals surface area contributed by atoms with Crippen molar-refractivity contribution < 1.29 is 9.53 Å². The van der Waals surface area contributed by atoms with Crippen LogP contribution in [0.1, 0.15) is 15.9 Å². The van der Waals surface area contributed by atoms with E-state index >= 15 is 0 Å². The molecule has 3 heteroatoms. The van der Waals surface area contributed by atoms with Crippen molar-refractivity contribution in [2.45, 2.75) is 0 Å². The second kappa shape index (κ2) is 6.80. The summed E-state index contributed by atoms with van der Waals surface area (Å²) in [5.41, 5.74) is 1.66. The molecule has 0 fully saturated rings. The van der Waals surface area contributed by atoms with Crippen LogP contribution in [0.4, 0.5) is 0 Å². The molecule has 0 saturated heterocycles. The minimum atomic E-state index is -0.0114. The molecule has 23 heavy (non-hydrogen) atoms. The van der Waals surface area contributed by atoms with E-state index in [0.717, 1.165) is 26.6 Å². The van der Waals surface area contributed by atoms with Gasteiger partial charge < -0.3 is 4.74 Å². The van der Waals surface area contributed by atoms with Gasteiger partial charge >= 0.3 is 0 Å². The second-order valence-corrected chi connectivity index (χ2v) is 6.10. The molecule has 0 unspecified atom stereocenters. The van der Waals surface area contributed by atoms with Crippen LogP contribution in [0, 0.1) is 0 Å². The van der Waals surface area contributed by atoms with E-state index in [2.05, 4.69) is 15.9 Å². The fraction of sp³-hybridized carbons (Fsp3) is 0.0500. The average Bonchev–Trinajstić information content (AvgIpc) is 2.58. The number of ketones is 1. The molecular formula is C20H15BrO2. The number of allylic oxidation sites excluding steroid dienone is 1. The molecule has 0 spiro atoms. The van der Waals surface area contributed by atoms with Gasteiger partial charge in [0.2, 0.25) is 0 Å². The largest absolute Gasteiger partial charge is 0.497 e. The van der Waals surface area contributed by atoms with Gasteiger partial charge in [-0.2, -0.15) is 0 Å². The molecule has 0 N–H and O–H groups in total. The highest BCUT2D eigenvalue weighted by atomic mass is 79.9. The fourth-order valence-electron chi connectivity index (χ4n) is 2.38. The molecular weight excluding hydrogens is 352 g/mol. The summed E-state index contributed by atoms with van der Waals surface area (Å²) in [6, 6.07) is 19.3. The lowest BCUT2D eigenvalue weighted by Crippen LogP contribution is -1.94. The fourth-order valence-corrected chi connectivity index (χ4v) is 2.80. The summed E-state index contributed by atoms with van der Waals surface area (Å²) < 4.78 is 6.21. The Balaban J connectivity index is 1.86. The van der Waals surface area contributed by atoms with E-state index in [0.29, 0.717) is 5.56 Å². The third-order valence-electron chi connectivity index (χ3n) is 3.61. The molecule has 0 aliphatic heterocycles. The number of hydrogen-bond acceptors (Lipinski definition) is 2. The Bertz CT molecular complexity index is 897. The Morgan fingerprint density at radius 1 is 1.00 bits per heavy atom. The van der Waals surface area contributed by atoms with Crippen LogP contribution < -0.4 is 4.74 Å². The maximum absolute atomic E-state index is 12.3. The standard InChI is InChI=1S/C20H15BrO2/c1-23-19-9-8-15-12-17(7-6-16(15)13-19)20(22)10-5-14-3-2-4-18(21)11-14/h2-13H,1H3/b10-5+. The van der Waals surface area contributed by atoms with Crippen molar-refractivity contribution in [3.63, 3.8) is 0 Å². The Hall–Kier alpha value is -2.39. The predicted molar refractivity (Wildman–Crippen MR) is 98.0 cm³/mol. The number of hydrogen-bond donors (Lipinski definition) is 0. The van der Waals surface area contributed by atoms with Crippen LogP contribution in [0.3, 0.4) is 0 Å². The van der Waals surface area contributed by atoms with Crippen LogP contribution >= 0.6 is 15.9 Å². The second-order valence-electron chi connectivity index (χ2n) is 5.18. The van der Waals surface area contributed by atoms with Crippen LogP contribution in [0.2, 0.25) is 0 Å². The van der Waals surface area contributed by atoms with Gasteiger partial charge in [-0.05, 0) is 52.7 Å². The van der Waals surface area contributed by atoms with Gasteiger partial charge in [0.05, 0.1) is 7.11 Å². The molecule has 0 atom stereocenters. The number of carbonyl (C=O) groups is 1. The van der Waals surface area contributed by atoms with Crippen molar-refractivity contribution in [1.29, 1.82) is 0 Å². The first-order valence-electron chi connectivity index (χ1n) is 7.21. The molecule has 0 aromatic heterocycles. The topological polar surface area (TPSA) is 26.3 Å². The highest BCUT2D eigenvalue weighted by Crippen LogP contribution is 2.22. The van der Waals surface area contributed by atoms with E-state index < -0.39 is 0 Å². The van der Waals surface area contributed by atoms with Crippen LogP contribution in [-0.2, 0) is 0 Å². The molecule has 0 aliphatic rings. The summed E-state index contributed by atoms with van der Waals surface area (Å²) in [4.78, 5) is 12.3. The molecule has 0 amide bonds. The van der Waals surface area contributed by atoms with Gasteiger partial charge in [-0.3, -0.25) is 4.79 Å². The molecule has 3 rings (SSSR count). The van der Waals surface area contributed by atoms with Crippen molar-refractivity contribution in [1.82, 2.24) is 0 Å². The molecule has 114 valence electrons. The van der Waals surface area contributed by atoms with Gasteiger partial charge in [0.1, 0.15) is 5.75 Å². The number of rotatable bonds is 4. The van der Waals surface area contributed by atoms with Crippen LogP contribution in [0.15, 0.2) is 71.2 Å². The Labute approximate surface area is 143 Å². The van der Waals surface area contributed by atoms with Gasteiger partial charge in [0.15, 0.2) is 5.78 Å². The quantitative estimate of drug-likeness (QED) is 0.449. The van der Waals surface area contributed by atoms with E-state index in [1.54, 1.807) is 13.2 Å². The van der Waals surface area contributed by atoms with Crippen molar-refractivity contribution >= 4 is 38.6 Å². The van der Waals surface area contributed by atoms with Crippen LogP contribution in [0.25, 0.3) is 16.8 Å². The lowest BCUT2D eigenvalue weighted by atomic mass is 10.0. The number of carbonyl (C=O) groups excluding carboxylic acids is 1. The van der Waals surface area contributed by atoms with E-state index in [-0.39, 0.29) is 5.78 Å². The first-order valence-corrected chi connectivity index (χ1v) is 8.01. The highest BCUT2D eigenvalue weighted by molar-refractivity contribution is 9.10. The van der Waals surface area contributed by atoms with E-state index in [4.69, 9.17) is 4.74 Å². The third-order valence-corrected chi connectivity index (χ3v) is 4.10. The van der Waals surface area contributed by atoms with Gasteiger partial charge in [0.25, 0.3) is 0 Å². The maximum atomic E-state index is 12.3. The Morgan fingerprint density at radius 3 is 2.57 bits per heavy atom. The minimum absolute atomic E-state index is 0.0114. The minimum Gasteiger partial charge on any atom is -0.497 e. The number of halogens is 1. The zero-order valence-corrected chi connectivity index (χ0v) is 14.2. The summed E-state index contributed by atoms with van der Waals surface area (Å²) in [6.45, 7) is 0. The van der Waals surface area contributed by atoms with Crippen molar-refractivity contribution in [3.8, 4) is 5.75 Å². The molecule has 3 aromatic rings. The number of benzene rings is 3. The van der Waals surface area contributed by atoms with Crippen LogP contribution in [-0.4, -0.2) is 12.9 Å². The lowest BCUT2D eigenvalue weighted by molar-refractivity contribution is 0.104. The zero-order valence-electron chi connectivity index (χ0n) is 12.6. The van der Waals surface area contributed by atoms with Crippen molar-refractivity contribution in [3.05, 3.63) is 82.3 Å². The monoisotopic (exact) mass is 366 g/mol. The molecule has 0 aliphatic carbocycles. The lowest BCUT2D eigenvalue weighted by Gasteiger charge is -2.04. The molecule has 0 heterocycles. The first kappa shape index (κ1) is 15.5. The molecule has 0 radical (unpaired) electrons. The van der Waals surface area contributed by atoms with E-state index in [9.17, 15) is 4.79 Å². The van der Waals surface area contributed by atoms with Crippen molar-refractivity contribution in [2.24, 2.45) is 0 Å². The van der Waals surface area contributed by atoms with E-state index in [1.807, 2.05) is 66.7 Å². The Kier molecular flexibility index (Phi) is 4.58. The predicted octanol–water partition coefficient (Wildman–Crippen LogP) is 5.51. The average molecular weight is 367 g/mol. The summed E-state index contributed by atoms with van der Waals surface area (Å²) >= 11 is 3.42. The summed E-state index contributed by atoms with van der Waals surface area (Å²) in [7, 11) is 1.64. The zero-order chi connectivity index (χ0) is 16.2. The number of methoxy groups -OCH3 is 1. The van der Waals surface area contributed by atoms with E-state index in [1.165, 1.54) is 0 Å². The highest BCUT2D eigenvalue weighted by Gasteiger charge is 2.04. The molecule has 2 nitrogen and oxygen atoms in total. The van der Waals surface area contributed by atoms with Gasteiger partial charge in [0, 0.05) is 10.0 Å². The van der Waals surface area contributed by atoms with Gasteiger partial charge in [-0.25, -0.2) is 0 Å². The summed E-state index contributed by atoms with van der Waals surface area (Å²) in [6.07, 6.45) is 3.43. The smallest absolute Gasteiger partial charge is 0.185 e. The molecule has 0 saturated carbocycles. The number of fused-ring (bicyclic) bond motifs is 1. The van der Waals surface area contributed by atoms with Crippen LogP contribution in [0.5, 0.6) is 5.75 Å². The molecule has 3 aromatic carbocycles. The summed E-state index contributed by atoms with van der Waals surface area (Å²) in [5.74, 6) is 0.800. The normalized spacial score (nSPS) is 11.0. The number of ether oxygens (including phenoxy) is 1.